The summed E-state index contributed by atoms with van der Waals surface area (Å²) >= 11 is 0. The summed E-state index contributed by atoms with van der Waals surface area (Å²) in [7, 11) is 0. The minimum Gasteiger partial charge on any atom is -0.493 e. The fourth-order valence-electron chi connectivity index (χ4n) is 2.31. The fourth-order valence-corrected chi connectivity index (χ4v) is 2.31. The maximum absolute atomic E-state index is 11.1. The van der Waals surface area contributed by atoms with Crippen molar-refractivity contribution in [1.29, 1.82) is 0 Å². The summed E-state index contributed by atoms with van der Waals surface area (Å²) < 4.78 is 5.46. The van der Waals surface area contributed by atoms with E-state index < -0.39 is 12.0 Å². The van der Waals surface area contributed by atoms with Crippen LogP contribution < -0.4 is 10.1 Å². The number of carbonyl (C=O) groups is 1. The molecule has 0 radical (unpaired) electrons. The Hall–Kier alpha value is -1.55. The number of hydrogen-bond donors (Lipinski definition) is 2. The van der Waals surface area contributed by atoms with Gasteiger partial charge in [-0.05, 0) is 23.6 Å². The van der Waals surface area contributed by atoms with Gasteiger partial charge in [0.15, 0.2) is 0 Å². The van der Waals surface area contributed by atoms with E-state index in [1.807, 2.05) is 12.1 Å². The first kappa shape index (κ1) is 13.9. The molecule has 19 heavy (non-hydrogen) atoms. The number of carboxylic acid groups (broad SMARTS) is 1. The van der Waals surface area contributed by atoms with Gasteiger partial charge < -0.3 is 15.2 Å². The van der Waals surface area contributed by atoms with Crippen molar-refractivity contribution in [1.82, 2.24) is 5.32 Å². The highest BCUT2D eigenvalue weighted by atomic mass is 16.5. The van der Waals surface area contributed by atoms with Gasteiger partial charge in [0.1, 0.15) is 11.8 Å². The first-order chi connectivity index (χ1) is 9.20. The lowest BCUT2D eigenvalue weighted by Gasteiger charge is -2.14. The van der Waals surface area contributed by atoms with Crippen LogP contribution in [0.2, 0.25) is 0 Å². The zero-order chi connectivity index (χ0) is 13.7. The standard InChI is InChI=1S/C15H21NO3/c1-2-3-4-13(15(17)18)16-10-11-5-6-14-12(9-11)7-8-19-14/h5-6,9,13,16H,2-4,7-8,10H2,1H3,(H,17,18). The Balaban J connectivity index is 1.91. The van der Waals surface area contributed by atoms with Crippen molar-refractivity contribution in [2.75, 3.05) is 6.61 Å². The molecule has 1 aliphatic rings. The van der Waals surface area contributed by atoms with Crippen molar-refractivity contribution in [2.45, 2.75) is 45.2 Å². The molecule has 0 bridgehead atoms. The third-order valence-electron chi connectivity index (χ3n) is 3.45. The molecule has 1 heterocycles. The quantitative estimate of drug-likeness (QED) is 0.793. The van der Waals surface area contributed by atoms with E-state index >= 15 is 0 Å². The van der Waals surface area contributed by atoms with Gasteiger partial charge in [0.25, 0.3) is 0 Å². The molecule has 104 valence electrons. The third kappa shape index (κ3) is 3.70. The van der Waals surface area contributed by atoms with E-state index in [9.17, 15) is 4.79 Å². The Morgan fingerprint density at radius 3 is 3.11 bits per heavy atom. The fraction of sp³-hybridized carbons (Fsp3) is 0.533. The monoisotopic (exact) mass is 263 g/mol. The van der Waals surface area contributed by atoms with Gasteiger partial charge in [-0.2, -0.15) is 0 Å². The lowest BCUT2D eigenvalue weighted by atomic mass is 10.1. The number of benzene rings is 1. The first-order valence-electron chi connectivity index (χ1n) is 6.91. The summed E-state index contributed by atoms with van der Waals surface area (Å²) in [5.41, 5.74) is 2.34. The number of aliphatic carboxylic acids is 1. The zero-order valence-electron chi connectivity index (χ0n) is 11.3. The minimum atomic E-state index is -0.766. The molecule has 2 rings (SSSR count). The van der Waals surface area contributed by atoms with Crippen LogP contribution >= 0.6 is 0 Å². The van der Waals surface area contributed by atoms with E-state index in [0.717, 1.165) is 37.2 Å². The van der Waals surface area contributed by atoms with E-state index in [1.54, 1.807) is 0 Å². The van der Waals surface area contributed by atoms with Crippen molar-refractivity contribution in [3.8, 4) is 5.75 Å². The molecule has 1 aliphatic heterocycles. The number of rotatable bonds is 7. The highest BCUT2D eigenvalue weighted by Gasteiger charge is 2.17. The molecule has 0 fully saturated rings. The van der Waals surface area contributed by atoms with Crippen LogP contribution in [0.25, 0.3) is 0 Å². The normalized spacial score (nSPS) is 14.8. The molecule has 1 aromatic rings. The molecular weight excluding hydrogens is 242 g/mol. The van der Waals surface area contributed by atoms with Crippen LogP contribution in [0.4, 0.5) is 0 Å². The lowest BCUT2D eigenvalue weighted by molar-refractivity contribution is -0.139. The molecule has 4 heteroatoms. The number of ether oxygens (including phenoxy) is 1. The number of hydrogen-bond acceptors (Lipinski definition) is 3. The second kappa shape index (κ2) is 6.57. The molecule has 0 aromatic heterocycles. The number of nitrogens with one attached hydrogen (secondary N) is 1. The lowest BCUT2D eigenvalue weighted by Crippen LogP contribution is -2.36. The summed E-state index contributed by atoms with van der Waals surface area (Å²) in [4.78, 5) is 11.1. The number of unbranched alkanes of at least 4 members (excludes halogenated alkanes) is 1. The Bertz CT molecular complexity index is 445. The molecule has 1 atom stereocenters. The van der Waals surface area contributed by atoms with E-state index in [-0.39, 0.29) is 0 Å². The summed E-state index contributed by atoms with van der Waals surface area (Å²) in [5.74, 6) is 0.197. The summed E-state index contributed by atoms with van der Waals surface area (Å²) in [6, 6.07) is 5.62. The van der Waals surface area contributed by atoms with Crippen molar-refractivity contribution < 1.29 is 14.6 Å². The molecule has 2 N–H and O–H groups in total. The minimum absolute atomic E-state index is 0.454. The first-order valence-corrected chi connectivity index (χ1v) is 6.91. The SMILES string of the molecule is CCCCC(NCc1ccc2c(c1)CCO2)C(=O)O. The Labute approximate surface area is 113 Å². The highest BCUT2D eigenvalue weighted by Crippen LogP contribution is 2.25. The average Bonchev–Trinajstić information content (AvgIpc) is 2.85. The molecular formula is C15H21NO3. The summed E-state index contributed by atoms with van der Waals surface area (Å²) in [5, 5.41) is 12.3. The van der Waals surface area contributed by atoms with Crippen LogP contribution in [-0.4, -0.2) is 23.7 Å². The third-order valence-corrected chi connectivity index (χ3v) is 3.45. The Kier molecular flexibility index (Phi) is 4.80. The van der Waals surface area contributed by atoms with Crippen LogP contribution in [0, 0.1) is 0 Å². The van der Waals surface area contributed by atoms with E-state index in [1.165, 1.54) is 5.56 Å². The largest absolute Gasteiger partial charge is 0.493 e. The second-order valence-corrected chi connectivity index (χ2v) is 4.95. The number of carboxylic acids is 1. The van der Waals surface area contributed by atoms with Gasteiger partial charge in [-0.15, -0.1) is 0 Å². The molecule has 0 spiro atoms. The maximum Gasteiger partial charge on any atom is 0.320 e. The molecule has 0 amide bonds. The Morgan fingerprint density at radius 1 is 1.53 bits per heavy atom. The Morgan fingerprint density at radius 2 is 2.37 bits per heavy atom. The van der Waals surface area contributed by atoms with Crippen LogP contribution in [0.15, 0.2) is 18.2 Å². The van der Waals surface area contributed by atoms with Crippen LogP contribution in [0.3, 0.4) is 0 Å². The van der Waals surface area contributed by atoms with Crippen LogP contribution in [-0.2, 0) is 17.8 Å². The smallest absolute Gasteiger partial charge is 0.320 e. The van der Waals surface area contributed by atoms with E-state index in [2.05, 4.69) is 18.3 Å². The van der Waals surface area contributed by atoms with Crippen molar-refractivity contribution in [3.05, 3.63) is 29.3 Å². The maximum atomic E-state index is 11.1. The average molecular weight is 263 g/mol. The predicted octanol–water partition coefficient (Wildman–Crippen LogP) is 2.35. The van der Waals surface area contributed by atoms with Gasteiger partial charge >= 0.3 is 5.97 Å². The molecule has 1 unspecified atom stereocenters. The van der Waals surface area contributed by atoms with Crippen LogP contribution in [0.1, 0.15) is 37.3 Å². The van der Waals surface area contributed by atoms with Gasteiger partial charge in [0.05, 0.1) is 6.61 Å². The molecule has 0 saturated carbocycles. The topological polar surface area (TPSA) is 58.6 Å². The number of fused-ring (bicyclic) bond motifs is 1. The van der Waals surface area contributed by atoms with E-state index in [4.69, 9.17) is 9.84 Å². The van der Waals surface area contributed by atoms with Crippen LogP contribution in [0.5, 0.6) is 5.75 Å². The summed E-state index contributed by atoms with van der Waals surface area (Å²) in [6.07, 6.45) is 3.57. The molecule has 1 aromatic carbocycles. The van der Waals surface area contributed by atoms with Gasteiger partial charge in [-0.3, -0.25) is 4.79 Å². The highest BCUT2D eigenvalue weighted by molar-refractivity contribution is 5.73. The van der Waals surface area contributed by atoms with Gasteiger partial charge in [-0.1, -0.05) is 31.9 Å². The van der Waals surface area contributed by atoms with Gasteiger partial charge in [-0.25, -0.2) is 0 Å². The summed E-state index contributed by atoms with van der Waals surface area (Å²) in [6.45, 7) is 3.41. The second-order valence-electron chi connectivity index (χ2n) is 4.95. The van der Waals surface area contributed by atoms with E-state index in [0.29, 0.717) is 13.0 Å². The molecule has 0 saturated heterocycles. The van der Waals surface area contributed by atoms with Gasteiger partial charge in [0.2, 0.25) is 0 Å². The van der Waals surface area contributed by atoms with Gasteiger partial charge in [0, 0.05) is 13.0 Å². The molecule has 4 nitrogen and oxygen atoms in total. The van der Waals surface area contributed by atoms with Crippen molar-refractivity contribution >= 4 is 5.97 Å². The van der Waals surface area contributed by atoms with Crippen molar-refractivity contribution in [3.63, 3.8) is 0 Å². The van der Waals surface area contributed by atoms with Crippen molar-refractivity contribution in [2.24, 2.45) is 0 Å². The predicted molar refractivity (Wildman–Crippen MR) is 73.4 cm³/mol. The molecule has 0 aliphatic carbocycles. The zero-order valence-corrected chi connectivity index (χ0v) is 11.3.